The molecule has 12 nitrogen and oxygen atoms in total. The van der Waals surface area contributed by atoms with Gasteiger partial charge in [-0.25, -0.2) is 38.2 Å². The summed E-state index contributed by atoms with van der Waals surface area (Å²) in [6, 6.07) is 42.8. The van der Waals surface area contributed by atoms with Crippen LogP contribution in [0, 0.1) is 48.3 Å². The van der Waals surface area contributed by atoms with E-state index >= 15 is 0 Å². The fourth-order valence-electron chi connectivity index (χ4n) is 13.8. The number of pyridine rings is 8. The number of aryl methyl sites for hydroxylation is 12. The van der Waals surface area contributed by atoms with E-state index in [1.165, 1.54) is 19.2 Å². The molecule has 0 aliphatic rings. The predicted octanol–water partition coefficient (Wildman–Crippen LogP) is 22.6. The molecule has 0 aliphatic carbocycles. The Balaban J connectivity index is 0.000000140. The van der Waals surface area contributed by atoms with E-state index in [-0.39, 0.29) is 11.1 Å². The molecule has 105 heavy (non-hydrogen) atoms. The standard InChI is InChI=1S/C25H29N2O.C24H27N2O.C23H25N2O.C21H21N2O/c1-14(2)20-12-22(27(7)13-17(20)6)23-16(5)8-9-18-19-10-11-21(15(3)4)26-25(19)28-24(18)23;1-14(2)17-11-12-26(6)21(13-17)22-16(5)7-8-18-19-9-10-20(15(3)4)25-24(19)27-23(18)22;1-13(2)19-10-9-18-17-8-7-14(3)21(22(17)26-23(18)24-19)20-11-15(4)16(5)12-25(20)6;1-4-6-15-10-12-23(3)18(13-15)19-14(2)8-9-16-17-7-5-11-22-21(17)24-20(16)19/h8-15H,1-7H3;7-15H,1-6H3;7-13H,1-6H3;5,7-13H,4,6H2,1-3H3/q4*+1/i1D3,6D3,14D,15D;14D,15D;5D3,13D;6D2. The molecule has 16 rings (SSSR count). The zero-order valence-electron chi connectivity index (χ0n) is 79.5. The van der Waals surface area contributed by atoms with Gasteiger partial charge in [0.05, 0.1) is 22.3 Å². The monoisotopic (exact) mass is 1410 g/mol. The first-order valence-electron chi connectivity index (χ1n) is 43.4. The fourth-order valence-corrected chi connectivity index (χ4v) is 13.8. The SMILES string of the molecule is [2H]C(C)(C)c1cc[n+](C)c(-c2c(C)ccc3c2oc2nc(C([2H])(C)C)ccc23)c1.[2H]C([2H])(CC)c1cc[n+](C)c(-c2c(C)ccc3c2oc2ncccc23)c1.[2H]C([2H])([2H])c1c[n+](C)c(-c2c(C)ccc3c2oc2nc(C([2H])(C)C)ccc23)cc1C.[2H]C([2H])([2H])c1c[n+](C)c(-c2c(C)ccc3c2oc2nc(C([2H])(C)C)ccc23)cc1C([2H])(C)C([2H])([2H])[2H]. The highest BCUT2D eigenvalue weighted by molar-refractivity contribution is 6.12. The molecule has 0 fully saturated rings. The summed E-state index contributed by atoms with van der Waals surface area (Å²) in [7, 11) is 7.52. The maximum Gasteiger partial charge on any atom is 0.227 e. The van der Waals surface area contributed by atoms with Gasteiger partial charge in [-0.2, -0.15) is 0 Å². The van der Waals surface area contributed by atoms with Gasteiger partial charge in [0, 0.05) is 136 Å². The number of furan rings is 4. The smallest absolute Gasteiger partial charge is 0.227 e. The molecule has 534 valence electrons. The van der Waals surface area contributed by atoms with Crippen LogP contribution in [0.15, 0.2) is 182 Å². The third-order valence-corrected chi connectivity index (χ3v) is 19.7. The lowest BCUT2D eigenvalue weighted by Crippen LogP contribution is -2.32. The van der Waals surface area contributed by atoms with Crippen molar-refractivity contribution in [1.29, 1.82) is 0 Å². The van der Waals surface area contributed by atoms with Crippen LogP contribution in [0.1, 0.15) is 207 Å². The second kappa shape index (κ2) is 29.4. The van der Waals surface area contributed by atoms with Gasteiger partial charge in [-0.3, -0.25) is 0 Å². The van der Waals surface area contributed by atoms with Crippen molar-refractivity contribution in [3.8, 4) is 45.0 Å². The molecule has 0 amide bonds. The summed E-state index contributed by atoms with van der Waals surface area (Å²) < 4.78 is 162. The zero-order valence-corrected chi connectivity index (χ0v) is 63.5. The van der Waals surface area contributed by atoms with Crippen LogP contribution in [0.5, 0.6) is 0 Å². The van der Waals surface area contributed by atoms with Crippen LogP contribution < -0.4 is 18.3 Å². The lowest BCUT2D eigenvalue weighted by Gasteiger charge is -2.12. The van der Waals surface area contributed by atoms with E-state index in [2.05, 4.69) is 68.7 Å². The summed E-state index contributed by atoms with van der Waals surface area (Å²) in [5.74, 6) is -5.36. The second-order valence-electron chi connectivity index (χ2n) is 28.4. The molecular formula is C93H102N8O4+4. The summed E-state index contributed by atoms with van der Waals surface area (Å²) in [5, 5.41) is 7.39. The molecule has 12 heterocycles. The van der Waals surface area contributed by atoms with E-state index in [0.29, 0.717) is 85.5 Å². The first kappa shape index (κ1) is 54.9. The maximum absolute atomic E-state index is 8.68. The van der Waals surface area contributed by atoms with E-state index in [0.717, 1.165) is 116 Å². The topological polar surface area (TPSA) is 120 Å². The Hall–Kier alpha value is -10.7. The van der Waals surface area contributed by atoms with Crippen LogP contribution in [0.3, 0.4) is 0 Å². The van der Waals surface area contributed by atoms with Gasteiger partial charge in [0.25, 0.3) is 0 Å². The van der Waals surface area contributed by atoms with Gasteiger partial charge in [-0.1, -0.05) is 131 Å². The molecule has 0 radical (unpaired) electrons. The van der Waals surface area contributed by atoms with Gasteiger partial charge >= 0.3 is 0 Å². The van der Waals surface area contributed by atoms with Gasteiger partial charge in [0.2, 0.25) is 45.6 Å². The minimum absolute atomic E-state index is 0.0838. The van der Waals surface area contributed by atoms with Crippen molar-refractivity contribution in [3.63, 3.8) is 0 Å². The van der Waals surface area contributed by atoms with Crippen molar-refractivity contribution >= 4 is 88.3 Å². The molecule has 4 aromatic carbocycles. The van der Waals surface area contributed by atoms with Gasteiger partial charge in [-0.15, -0.1) is 0 Å². The number of fused-ring (bicyclic) bond motifs is 12. The van der Waals surface area contributed by atoms with Crippen LogP contribution in [-0.4, -0.2) is 19.9 Å². The highest BCUT2D eigenvalue weighted by Crippen LogP contribution is 2.42. The number of aromatic nitrogens is 8. The van der Waals surface area contributed by atoms with Gasteiger partial charge in [0.1, 0.15) is 28.2 Å². The second-order valence-corrected chi connectivity index (χ2v) is 28.4. The van der Waals surface area contributed by atoms with E-state index in [4.69, 9.17) is 39.6 Å². The molecule has 0 spiro atoms. The number of benzene rings is 4. The predicted molar refractivity (Wildman–Crippen MR) is 430 cm³/mol. The quantitative estimate of drug-likeness (QED) is 0.117. The van der Waals surface area contributed by atoms with Crippen molar-refractivity contribution < 1.29 is 57.9 Å². The highest BCUT2D eigenvalue weighted by atomic mass is 16.4. The molecule has 0 bridgehead atoms. The van der Waals surface area contributed by atoms with Gasteiger partial charge in [0.15, 0.2) is 47.1 Å². The van der Waals surface area contributed by atoms with Gasteiger partial charge in [-0.05, 0) is 177 Å². The fraction of sp³-hybridized carbons (Fsp3) is 0.312. The van der Waals surface area contributed by atoms with Crippen molar-refractivity contribution in [1.82, 2.24) is 19.9 Å². The number of hydrogen-bond acceptors (Lipinski definition) is 8. The normalized spacial score (nSPS) is 15.5. The van der Waals surface area contributed by atoms with E-state index in [9.17, 15) is 0 Å². The minimum Gasteiger partial charge on any atom is -0.437 e. The third-order valence-electron chi connectivity index (χ3n) is 19.7. The van der Waals surface area contributed by atoms with Crippen LogP contribution in [0.4, 0.5) is 0 Å². The Morgan fingerprint density at radius 2 is 0.781 bits per heavy atom. The summed E-state index contributed by atoms with van der Waals surface area (Å²) in [5.41, 5.74) is 20.2. The van der Waals surface area contributed by atoms with Crippen LogP contribution in [-0.2, 0) is 34.6 Å². The third kappa shape index (κ3) is 13.9. The number of rotatable bonds is 11. The molecule has 0 saturated heterocycles. The molecule has 1 unspecified atom stereocenters. The first-order chi connectivity index (χ1) is 56.1. The summed E-state index contributed by atoms with van der Waals surface area (Å²) in [6.45, 7) is 19.9. The summed E-state index contributed by atoms with van der Waals surface area (Å²) in [6.07, 6.45) is 7.78. The maximum atomic E-state index is 8.68. The summed E-state index contributed by atoms with van der Waals surface area (Å²) >= 11 is 0. The Bertz CT molecular complexity index is 6780. The Labute approximate surface area is 640 Å². The van der Waals surface area contributed by atoms with Gasteiger partial charge < -0.3 is 17.7 Å². The van der Waals surface area contributed by atoms with Crippen LogP contribution in [0.25, 0.3) is 133 Å². The molecule has 0 saturated carbocycles. The van der Waals surface area contributed by atoms with Crippen LogP contribution >= 0.6 is 0 Å². The summed E-state index contributed by atoms with van der Waals surface area (Å²) in [4.78, 5) is 18.1. The molecule has 12 heteroatoms. The number of hydrogen-bond donors (Lipinski definition) is 0. The minimum atomic E-state index is -2.76. The molecule has 0 N–H and O–H groups in total. The first-order valence-corrected chi connectivity index (χ1v) is 35.4. The number of nitrogens with zero attached hydrogens (tertiary/aromatic N) is 8. The molecule has 12 aromatic heterocycles. The Kier molecular flexibility index (Phi) is 15.4. The molecular weight excluding hydrogens is 1290 g/mol. The Morgan fingerprint density at radius 3 is 1.20 bits per heavy atom. The molecule has 0 aliphatic heterocycles. The van der Waals surface area contributed by atoms with E-state index in [1.807, 2.05) is 189 Å². The largest absolute Gasteiger partial charge is 0.437 e. The zero-order chi connectivity index (χ0) is 88.6. The average molecular weight is 1410 g/mol. The van der Waals surface area contributed by atoms with Crippen molar-refractivity contribution in [2.45, 2.75) is 167 Å². The lowest BCUT2D eigenvalue weighted by molar-refractivity contribution is -0.660. The van der Waals surface area contributed by atoms with Crippen molar-refractivity contribution in [2.75, 3.05) is 0 Å². The highest BCUT2D eigenvalue weighted by Gasteiger charge is 2.28. The average Bonchev–Trinajstić information content (AvgIpc) is 1.74. The lowest BCUT2D eigenvalue weighted by atomic mass is 9.94. The molecule has 1 atom stereocenters. The molecule has 16 aromatic rings. The van der Waals surface area contributed by atoms with Crippen molar-refractivity contribution in [3.05, 3.63) is 237 Å². The van der Waals surface area contributed by atoms with E-state index in [1.54, 1.807) is 57.8 Å². The van der Waals surface area contributed by atoms with Crippen LogP contribution in [0.2, 0.25) is 0 Å². The van der Waals surface area contributed by atoms with Crippen molar-refractivity contribution in [2.24, 2.45) is 28.2 Å². The Morgan fingerprint density at radius 1 is 0.390 bits per heavy atom. The van der Waals surface area contributed by atoms with E-state index < -0.39 is 56.4 Å².